The average molecular weight is 288 g/mol. The Bertz CT molecular complexity index is 414. The van der Waals surface area contributed by atoms with Gasteiger partial charge in [0.15, 0.2) is 0 Å². The maximum absolute atomic E-state index is 11.5. The summed E-state index contributed by atoms with van der Waals surface area (Å²) in [4.78, 5) is 11.5. The van der Waals surface area contributed by atoms with Crippen molar-refractivity contribution in [3.8, 4) is 6.07 Å². The van der Waals surface area contributed by atoms with Crippen LogP contribution in [0.4, 0.5) is 0 Å². The van der Waals surface area contributed by atoms with Crippen molar-refractivity contribution < 1.29 is 4.79 Å². The number of rotatable bonds is 3. The fraction of sp³-hybridized carbons (Fsp3) is 0.200. The highest BCUT2D eigenvalue weighted by Gasteiger charge is 2.06. The molecule has 0 aliphatic rings. The summed E-state index contributed by atoms with van der Waals surface area (Å²) in [5.74, 6) is -0.206. The van der Waals surface area contributed by atoms with Gasteiger partial charge in [-0.1, -0.05) is 11.6 Å². The third kappa shape index (κ3) is 3.54. The molecule has 78 valence electrons. The fourth-order valence-corrected chi connectivity index (χ4v) is 1.47. The maximum atomic E-state index is 11.5. The number of hydrogen-bond acceptors (Lipinski definition) is 2. The minimum atomic E-state index is -0.206. The number of benzene rings is 1. The Morgan fingerprint density at radius 3 is 2.93 bits per heavy atom. The predicted molar refractivity (Wildman–Crippen MR) is 61.7 cm³/mol. The minimum Gasteiger partial charge on any atom is -0.351 e. The van der Waals surface area contributed by atoms with Gasteiger partial charge in [0, 0.05) is 16.6 Å². The monoisotopic (exact) mass is 286 g/mol. The number of amides is 1. The van der Waals surface area contributed by atoms with E-state index in [4.69, 9.17) is 16.9 Å². The Balaban J connectivity index is 2.67. The zero-order chi connectivity index (χ0) is 11.3. The molecule has 0 heterocycles. The van der Waals surface area contributed by atoms with Crippen LogP contribution >= 0.6 is 27.5 Å². The Morgan fingerprint density at radius 2 is 2.33 bits per heavy atom. The first-order valence-corrected chi connectivity index (χ1v) is 5.42. The highest BCUT2D eigenvalue weighted by Crippen LogP contribution is 2.23. The van der Waals surface area contributed by atoms with Gasteiger partial charge in [0.05, 0.1) is 17.5 Å². The van der Waals surface area contributed by atoms with E-state index in [1.807, 2.05) is 6.07 Å². The summed E-state index contributed by atoms with van der Waals surface area (Å²) >= 11 is 9.02. The number of nitrogens with one attached hydrogen (secondary N) is 1. The third-order valence-electron chi connectivity index (χ3n) is 1.70. The van der Waals surface area contributed by atoms with Gasteiger partial charge in [0.25, 0.3) is 5.91 Å². The molecule has 3 nitrogen and oxygen atoms in total. The molecule has 1 aromatic rings. The van der Waals surface area contributed by atoms with Crippen LogP contribution in [0.3, 0.4) is 0 Å². The van der Waals surface area contributed by atoms with Gasteiger partial charge in [-0.2, -0.15) is 5.26 Å². The lowest BCUT2D eigenvalue weighted by molar-refractivity contribution is 0.0954. The van der Waals surface area contributed by atoms with Crippen molar-refractivity contribution in [2.24, 2.45) is 0 Å². The Kier molecular flexibility index (Phi) is 4.60. The fourth-order valence-electron chi connectivity index (χ4n) is 0.971. The summed E-state index contributed by atoms with van der Waals surface area (Å²) < 4.78 is 0.678. The number of halogens is 2. The topological polar surface area (TPSA) is 52.9 Å². The van der Waals surface area contributed by atoms with Crippen LogP contribution in [0.5, 0.6) is 0 Å². The van der Waals surface area contributed by atoms with Crippen LogP contribution in [0.25, 0.3) is 0 Å². The Morgan fingerprint density at radius 1 is 1.60 bits per heavy atom. The van der Waals surface area contributed by atoms with Crippen LogP contribution in [-0.4, -0.2) is 12.5 Å². The molecule has 0 saturated carbocycles. The average Bonchev–Trinajstić information content (AvgIpc) is 2.22. The van der Waals surface area contributed by atoms with Crippen molar-refractivity contribution >= 4 is 33.4 Å². The molecule has 5 heteroatoms. The molecule has 15 heavy (non-hydrogen) atoms. The summed E-state index contributed by atoms with van der Waals surface area (Å²) in [5.41, 5.74) is 0.518. The number of carbonyl (C=O) groups excluding carboxylic acids is 1. The molecule has 0 aliphatic heterocycles. The van der Waals surface area contributed by atoms with Crippen molar-refractivity contribution in [3.05, 3.63) is 33.3 Å². The lowest BCUT2D eigenvalue weighted by Gasteiger charge is -2.03. The van der Waals surface area contributed by atoms with E-state index in [0.29, 0.717) is 28.0 Å². The van der Waals surface area contributed by atoms with E-state index >= 15 is 0 Å². The van der Waals surface area contributed by atoms with E-state index in [1.54, 1.807) is 18.2 Å². The molecule has 1 amide bonds. The first kappa shape index (κ1) is 12.0. The van der Waals surface area contributed by atoms with Gasteiger partial charge in [0.1, 0.15) is 0 Å². The molecule has 0 aromatic heterocycles. The van der Waals surface area contributed by atoms with Crippen LogP contribution in [0.1, 0.15) is 16.8 Å². The van der Waals surface area contributed by atoms with Crippen molar-refractivity contribution in [2.45, 2.75) is 6.42 Å². The molecule has 1 N–H and O–H groups in total. The standard InChI is InChI=1S/C10H8BrClN2O/c11-8-6-7(2-3-9(8)12)10(15)14-5-1-4-13/h2-3,6H,1,5H2,(H,14,15). The zero-order valence-electron chi connectivity index (χ0n) is 7.76. The van der Waals surface area contributed by atoms with Gasteiger partial charge < -0.3 is 5.32 Å². The molecule has 0 atom stereocenters. The van der Waals surface area contributed by atoms with E-state index in [1.165, 1.54) is 0 Å². The van der Waals surface area contributed by atoms with E-state index < -0.39 is 0 Å². The summed E-state index contributed by atoms with van der Waals surface area (Å²) in [6, 6.07) is 6.87. The summed E-state index contributed by atoms with van der Waals surface area (Å²) in [7, 11) is 0. The zero-order valence-corrected chi connectivity index (χ0v) is 10.1. The van der Waals surface area contributed by atoms with Crippen LogP contribution in [0, 0.1) is 11.3 Å². The second kappa shape index (κ2) is 5.74. The predicted octanol–water partition coefficient (Wildman–Crippen LogP) is 2.75. The van der Waals surface area contributed by atoms with Crippen LogP contribution in [0.15, 0.2) is 22.7 Å². The molecule has 0 bridgehead atoms. The molecule has 1 aromatic carbocycles. The molecule has 0 unspecified atom stereocenters. The number of nitriles is 1. The maximum Gasteiger partial charge on any atom is 0.251 e. The van der Waals surface area contributed by atoms with Gasteiger partial charge in [0.2, 0.25) is 0 Å². The summed E-state index contributed by atoms with van der Waals surface area (Å²) in [6.07, 6.45) is 0.306. The highest BCUT2D eigenvalue weighted by atomic mass is 79.9. The van der Waals surface area contributed by atoms with Gasteiger partial charge in [-0.25, -0.2) is 0 Å². The van der Waals surface area contributed by atoms with Crippen molar-refractivity contribution in [1.29, 1.82) is 5.26 Å². The molecular formula is C10H8BrClN2O. The number of carbonyl (C=O) groups is 1. The SMILES string of the molecule is N#CCCNC(=O)c1ccc(Cl)c(Br)c1. The Hall–Kier alpha value is -1.05. The number of nitrogens with zero attached hydrogens (tertiary/aromatic N) is 1. The first-order chi connectivity index (χ1) is 7.15. The normalized spacial score (nSPS) is 9.40. The summed E-state index contributed by atoms with van der Waals surface area (Å²) in [5, 5.41) is 11.5. The molecule has 0 saturated heterocycles. The minimum absolute atomic E-state index is 0.206. The molecule has 1 rings (SSSR count). The second-order valence-corrected chi connectivity index (χ2v) is 4.05. The third-order valence-corrected chi connectivity index (χ3v) is 2.92. The van der Waals surface area contributed by atoms with Gasteiger partial charge in [-0.05, 0) is 34.1 Å². The van der Waals surface area contributed by atoms with Crippen LogP contribution in [0.2, 0.25) is 5.02 Å². The van der Waals surface area contributed by atoms with Gasteiger partial charge in [-0.15, -0.1) is 0 Å². The van der Waals surface area contributed by atoms with E-state index in [9.17, 15) is 4.79 Å². The van der Waals surface area contributed by atoms with Gasteiger partial charge in [-0.3, -0.25) is 4.79 Å². The van der Waals surface area contributed by atoms with Crippen molar-refractivity contribution in [2.75, 3.05) is 6.54 Å². The van der Waals surface area contributed by atoms with E-state index in [-0.39, 0.29) is 5.91 Å². The van der Waals surface area contributed by atoms with Gasteiger partial charge >= 0.3 is 0 Å². The second-order valence-electron chi connectivity index (χ2n) is 2.79. The highest BCUT2D eigenvalue weighted by molar-refractivity contribution is 9.10. The van der Waals surface area contributed by atoms with Crippen LogP contribution in [-0.2, 0) is 0 Å². The lowest BCUT2D eigenvalue weighted by Crippen LogP contribution is -2.24. The van der Waals surface area contributed by atoms with Crippen molar-refractivity contribution in [1.82, 2.24) is 5.32 Å². The molecular weight excluding hydrogens is 279 g/mol. The quantitative estimate of drug-likeness (QED) is 0.869. The lowest BCUT2D eigenvalue weighted by atomic mass is 10.2. The van der Waals surface area contributed by atoms with Crippen molar-refractivity contribution in [3.63, 3.8) is 0 Å². The van der Waals surface area contributed by atoms with E-state index in [0.717, 1.165) is 0 Å². The smallest absolute Gasteiger partial charge is 0.251 e. The molecule has 0 aliphatic carbocycles. The first-order valence-electron chi connectivity index (χ1n) is 4.25. The molecule has 0 spiro atoms. The number of hydrogen-bond donors (Lipinski definition) is 1. The summed E-state index contributed by atoms with van der Waals surface area (Å²) in [6.45, 7) is 0.357. The molecule has 0 radical (unpaired) electrons. The Labute approximate surface area is 101 Å². The van der Waals surface area contributed by atoms with Crippen LogP contribution < -0.4 is 5.32 Å². The van der Waals surface area contributed by atoms with E-state index in [2.05, 4.69) is 21.2 Å². The molecule has 0 fully saturated rings. The largest absolute Gasteiger partial charge is 0.351 e.